The Balaban J connectivity index is 2.02. The first-order valence-corrected chi connectivity index (χ1v) is 9.51. The second-order valence-electron chi connectivity index (χ2n) is 8.38. The second kappa shape index (κ2) is 6.36. The van der Waals surface area contributed by atoms with Crippen LogP contribution in [0.15, 0.2) is 36.5 Å². The van der Waals surface area contributed by atoms with E-state index in [-0.39, 0.29) is 11.0 Å². The van der Waals surface area contributed by atoms with E-state index in [0.29, 0.717) is 0 Å². The van der Waals surface area contributed by atoms with Gasteiger partial charge in [0.15, 0.2) is 0 Å². The highest BCUT2D eigenvalue weighted by atomic mass is 16.5. The Morgan fingerprint density at radius 3 is 2.32 bits per heavy atom. The molecule has 3 aromatic rings. The molecule has 1 aromatic heterocycles. The molecule has 0 aliphatic carbocycles. The Hall–Kier alpha value is -2.82. The quantitative estimate of drug-likeness (QED) is 0.662. The monoisotopic (exact) mass is 380 g/mol. The minimum absolute atomic E-state index is 0.0956. The number of hydrogen-bond donors (Lipinski definition) is 2. The number of ether oxygens (including phenoxy) is 3. The van der Waals surface area contributed by atoms with Gasteiger partial charge in [0.1, 0.15) is 17.2 Å². The van der Waals surface area contributed by atoms with Gasteiger partial charge in [-0.1, -0.05) is 6.92 Å². The number of anilines is 1. The maximum Gasteiger partial charge on any atom is 0.128 e. The summed E-state index contributed by atoms with van der Waals surface area (Å²) >= 11 is 0. The zero-order chi connectivity index (χ0) is 20.1. The Morgan fingerprint density at radius 1 is 0.893 bits per heavy atom. The number of hydrogen-bond acceptors (Lipinski definition) is 4. The fraction of sp³-hybridized carbons (Fsp3) is 0.391. The zero-order valence-electron chi connectivity index (χ0n) is 17.4. The van der Waals surface area contributed by atoms with E-state index in [1.807, 2.05) is 12.1 Å². The molecule has 2 N–H and O–H groups in total. The van der Waals surface area contributed by atoms with Crippen LogP contribution in [0.25, 0.3) is 10.9 Å². The number of H-pyrrole nitrogens is 1. The van der Waals surface area contributed by atoms with Crippen LogP contribution in [0.1, 0.15) is 38.3 Å². The molecule has 148 valence electrons. The van der Waals surface area contributed by atoms with Gasteiger partial charge in [0.2, 0.25) is 0 Å². The van der Waals surface area contributed by atoms with E-state index < -0.39 is 0 Å². The highest BCUT2D eigenvalue weighted by molar-refractivity contribution is 5.87. The van der Waals surface area contributed by atoms with Crippen molar-refractivity contribution < 1.29 is 14.2 Å². The van der Waals surface area contributed by atoms with Crippen molar-refractivity contribution in [2.75, 3.05) is 26.6 Å². The van der Waals surface area contributed by atoms with Crippen LogP contribution in [0.3, 0.4) is 0 Å². The fourth-order valence-corrected chi connectivity index (χ4v) is 4.83. The summed E-state index contributed by atoms with van der Waals surface area (Å²) in [5, 5.41) is 4.85. The lowest BCUT2D eigenvalue weighted by atomic mass is 9.65. The first-order valence-electron chi connectivity index (χ1n) is 9.51. The molecule has 5 heteroatoms. The largest absolute Gasteiger partial charge is 0.497 e. The Kier molecular flexibility index (Phi) is 4.21. The Bertz CT molecular complexity index is 1040. The normalized spacial score (nSPS) is 20.4. The molecule has 5 nitrogen and oxygen atoms in total. The summed E-state index contributed by atoms with van der Waals surface area (Å²) in [6.07, 6.45) is 3.04. The van der Waals surface area contributed by atoms with Gasteiger partial charge in [-0.25, -0.2) is 0 Å². The standard InChI is InChI=1S/C23H28N2O3/c1-22(2)13-23(3,17-12-24-18-8-7-14(26-4)9-16(17)18)21-19(25-22)10-15(27-5)11-20(21)28-6/h7-12,24-25H,13H2,1-6H3/t23-/m1/s1. The van der Waals surface area contributed by atoms with Crippen molar-refractivity contribution in [2.24, 2.45) is 0 Å². The van der Waals surface area contributed by atoms with Crippen LogP contribution in [0.2, 0.25) is 0 Å². The van der Waals surface area contributed by atoms with E-state index in [1.54, 1.807) is 21.3 Å². The number of benzene rings is 2. The predicted molar refractivity (Wildman–Crippen MR) is 113 cm³/mol. The topological polar surface area (TPSA) is 55.5 Å². The molecular weight excluding hydrogens is 352 g/mol. The summed E-state index contributed by atoms with van der Waals surface area (Å²) in [4.78, 5) is 3.44. The summed E-state index contributed by atoms with van der Waals surface area (Å²) < 4.78 is 16.8. The highest BCUT2D eigenvalue weighted by Crippen LogP contribution is 2.53. The molecular formula is C23H28N2O3. The van der Waals surface area contributed by atoms with Crippen LogP contribution >= 0.6 is 0 Å². The molecule has 1 aliphatic heterocycles. The number of aromatic nitrogens is 1. The maximum absolute atomic E-state index is 5.82. The first kappa shape index (κ1) is 18.5. The average Bonchev–Trinajstić information content (AvgIpc) is 3.09. The summed E-state index contributed by atoms with van der Waals surface area (Å²) in [7, 11) is 5.10. The van der Waals surface area contributed by atoms with Crippen molar-refractivity contribution in [3.8, 4) is 17.2 Å². The third kappa shape index (κ3) is 2.77. The maximum atomic E-state index is 5.82. The molecule has 2 aromatic carbocycles. The van der Waals surface area contributed by atoms with Gasteiger partial charge < -0.3 is 24.5 Å². The molecule has 0 radical (unpaired) electrons. The van der Waals surface area contributed by atoms with Gasteiger partial charge in [0.25, 0.3) is 0 Å². The van der Waals surface area contributed by atoms with E-state index in [2.05, 4.69) is 55.5 Å². The highest BCUT2D eigenvalue weighted by Gasteiger charge is 2.45. The molecule has 0 spiro atoms. The minimum Gasteiger partial charge on any atom is -0.497 e. The number of aromatic amines is 1. The molecule has 28 heavy (non-hydrogen) atoms. The SMILES string of the molecule is COc1cc2c(c(OC)c1)[C@@](C)(c1c[nH]c3ccc(OC)cc13)CC(C)(C)N2. The van der Waals surface area contributed by atoms with Gasteiger partial charge in [-0.3, -0.25) is 0 Å². The summed E-state index contributed by atoms with van der Waals surface area (Å²) in [5.41, 5.74) is 4.18. The molecule has 1 atom stereocenters. The molecule has 1 aliphatic rings. The fourth-order valence-electron chi connectivity index (χ4n) is 4.83. The molecule has 0 bridgehead atoms. The van der Waals surface area contributed by atoms with Crippen LogP contribution in [0, 0.1) is 0 Å². The van der Waals surface area contributed by atoms with Gasteiger partial charge in [-0.15, -0.1) is 0 Å². The third-order valence-electron chi connectivity index (χ3n) is 5.84. The first-order chi connectivity index (χ1) is 13.3. The number of methoxy groups -OCH3 is 3. The van der Waals surface area contributed by atoms with Gasteiger partial charge in [-0.2, -0.15) is 0 Å². The molecule has 0 saturated carbocycles. The lowest BCUT2D eigenvalue weighted by molar-refractivity contribution is 0.346. The lowest BCUT2D eigenvalue weighted by Gasteiger charge is -2.46. The predicted octanol–water partition coefficient (Wildman–Crippen LogP) is 5.09. The number of rotatable bonds is 4. The molecule has 0 amide bonds. The lowest BCUT2D eigenvalue weighted by Crippen LogP contribution is -2.45. The van der Waals surface area contributed by atoms with Gasteiger partial charge in [0, 0.05) is 51.4 Å². The summed E-state index contributed by atoms with van der Waals surface area (Å²) in [6.45, 7) is 6.76. The Labute approximate surface area is 166 Å². The van der Waals surface area contributed by atoms with Gasteiger partial charge >= 0.3 is 0 Å². The molecule has 0 fully saturated rings. The van der Waals surface area contributed by atoms with Crippen molar-refractivity contribution in [1.29, 1.82) is 0 Å². The van der Waals surface area contributed by atoms with Crippen molar-refractivity contribution in [1.82, 2.24) is 4.98 Å². The molecule has 0 saturated heterocycles. The van der Waals surface area contributed by atoms with Crippen LogP contribution < -0.4 is 19.5 Å². The van der Waals surface area contributed by atoms with Crippen LogP contribution in [0.4, 0.5) is 5.69 Å². The molecule has 2 heterocycles. The van der Waals surface area contributed by atoms with Crippen molar-refractivity contribution in [3.63, 3.8) is 0 Å². The van der Waals surface area contributed by atoms with Crippen molar-refractivity contribution >= 4 is 16.6 Å². The van der Waals surface area contributed by atoms with Crippen LogP contribution in [-0.4, -0.2) is 31.9 Å². The minimum atomic E-state index is -0.258. The van der Waals surface area contributed by atoms with Gasteiger partial charge in [-0.05, 0) is 44.0 Å². The van der Waals surface area contributed by atoms with E-state index in [1.165, 1.54) is 10.9 Å². The van der Waals surface area contributed by atoms with Crippen molar-refractivity contribution in [3.05, 3.63) is 47.7 Å². The Morgan fingerprint density at radius 2 is 1.64 bits per heavy atom. The van der Waals surface area contributed by atoms with Crippen molar-refractivity contribution in [2.45, 2.75) is 38.1 Å². The number of nitrogens with one attached hydrogen (secondary N) is 2. The van der Waals surface area contributed by atoms with E-state index in [9.17, 15) is 0 Å². The van der Waals surface area contributed by atoms with E-state index in [4.69, 9.17) is 14.2 Å². The summed E-state index contributed by atoms with van der Waals surface area (Å²) in [5.74, 6) is 2.47. The number of fused-ring (bicyclic) bond motifs is 2. The molecule has 4 rings (SSSR count). The second-order valence-corrected chi connectivity index (χ2v) is 8.38. The zero-order valence-corrected chi connectivity index (χ0v) is 17.4. The summed E-state index contributed by atoms with van der Waals surface area (Å²) in [6, 6.07) is 10.2. The van der Waals surface area contributed by atoms with Gasteiger partial charge in [0.05, 0.1) is 21.3 Å². The van der Waals surface area contributed by atoms with E-state index >= 15 is 0 Å². The van der Waals surface area contributed by atoms with E-state index in [0.717, 1.165) is 40.4 Å². The van der Waals surface area contributed by atoms with Crippen LogP contribution in [0.5, 0.6) is 17.2 Å². The third-order valence-corrected chi connectivity index (χ3v) is 5.84. The smallest absolute Gasteiger partial charge is 0.128 e. The average molecular weight is 380 g/mol. The van der Waals surface area contributed by atoms with Crippen LogP contribution in [-0.2, 0) is 5.41 Å². The molecule has 0 unspecified atom stereocenters.